The quantitative estimate of drug-likeness (QED) is 0.600. The number of carbonyl (C=O) groups is 1. The molecule has 0 radical (unpaired) electrons. The molecular formula is C14H16N2O5S. The number of amides is 1. The molecule has 1 aliphatic carbocycles. The van der Waals surface area contributed by atoms with Gasteiger partial charge in [-0.1, -0.05) is 30.3 Å². The maximum Gasteiger partial charge on any atom is 0.233 e. The minimum absolute atomic E-state index is 0.0854. The molecule has 1 saturated carbocycles. The Bertz CT molecular complexity index is 703. The highest BCUT2D eigenvalue weighted by Gasteiger charge is 2.56. The van der Waals surface area contributed by atoms with Gasteiger partial charge in [-0.05, 0) is 5.56 Å². The second-order valence-corrected chi connectivity index (χ2v) is 8.00. The summed E-state index contributed by atoms with van der Waals surface area (Å²) in [6.07, 6.45) is 0.247. The van der Waals surface area contributed by atoms with Crippen LogP contribution in [0.3, 0.4) is 0 Å². The van der Waals surface area contributed by atoms with Gasteiger partial charge < -0.3 is 4.90 Å². The zero-order valence-electron chi connectivity index (χ0n) is 11.8. The van der Waals surface area contributed by atoms with Crippen LogP contribution in [0.5, 0.6) is 0 Å². The molecule has 8 heteroatoms. The molecule has 0 spiro atoms. The molecule has 1 amide bonds. The van der Waals surface area contributed by atoms with Gasteiger partial charge in [-0.25, -0.2) is 8.42 Å². The van der Waals surface area contributed by atoms with Gasteiger partial charge in [-0.3, -0.25) is 14.9 Å². The Balaban J connectivity index is 1.85. The van der Waals surface area contributed by atoms with Crippen molar-refractivity contribution in [3.63, 3.8) is 0 Å². The third-order valence-electron chi connectivity index (χ3n) is 4.24. The van der Waals surface area contributed by atoms with Crippen molar-refractivity contribution >= 4 is 15.7 Å². The molecule has 0 bridgehead atoms. The summed E-state index contributed by atoms with van der Waals surface area (Å²) in [4.78, 5) is 24.3. The van der Waals surface area contributed by atoms with E-state index < -0.39 is 32.8 Å². The molecule has 3 atom stereocenters. The molecule has 0 N–H and O–H groups in total. The molecular weight excluding hydrogens is 308 g/mol. The Morgan fingerprint density at radius 3 is 2.55 bits per heavy atom. The van der Waals surface area contributed by atoms with Crippen molar-refractivity contribution in [2.45, 2.75) is 18.5 Å². The molecule has 1 aromatic carbocycles. The van der Waals surface area contributed by atoms with Crippen molar-refractivity contribution in [1.82, 2.24) is 4.90 Å². The van der Waals surface area contributed by atoms with E-state index >= 15 is 0 Å². The van der Waals surface area contributed by atoms with Gasteiger partial charge in [-0.15, -0.1) is 0 Å². The summed E-state index contributed by atoms with van der Waals surface area (Å²) in [6.45, 7) is 0.0989. The summed E-state index contributed by atoms with van der Waals surface area (Å²) in [5, 5.41) is 10.8. The van der Waals surface area contributed by atoms with Crippen molar-refractivity contribution in [2.24, 2.45) is 5.92 Å². The van der Waals surface area contributed by atoms with E-state index in [0.717, 1.165) is 5.56 Å². The smallest absolute Gasteiger partial charge is 0.233 e. The standard InChI is InChI=1S/C14H16N2O5S/c17-14(11-8-12(11)16(18)19)15-6-7-22(20,21)9-13(15)10-4-2-1-3-5-10/h1-5,11-13H,6-9H2/t11-,12-,13-/m1/s1. The average Bonchev–Trinajstić information content (AvgIpc) is 3.27. The summed E-state index contributed by atoms with van der Waals surface area (Å²) in [5.74, 6) is -1.12. The average molecular weight is 324 g/mol. The first-order valence-electron chi connectivity index (χ1n) is 7.08. The molecule has 0 unspecified atom stereocenters. The lowest BCUT2D eigenvalue weighted by atomic mass is 10.1. The zero-order chi connectivity index (χ0) is 15.9. The Morgan fingerprint density at radius 1 is 1.27 bits per heavy atom. The fourth-order valence-corrected chi connectivity index (χ4v) is 4.41. The lowest BCUT2D eigenvalue weighted by Gasteiger charge is -2.35. The maximum atomic E-state index is 12.5. The number of benzene rings is 1. The SMILES string of the molecule is O=C([C@@H]1C[C@H]1[N+](=O)[O-])N1CCS(=O)(=O)C[C@@H]1c1ccccc1. The normalized spacial score (nSPS) is 29.8. The van der Waals surface area contributed by atoms with Crippen LogP contribution in [0.2, 0.25) is 0 Å². The van der Waals surface area contributed by atoms with Gasteiger partial charge in [0.05, 0.1) is 17.5 Å². The minimum atomic E-state index is -3.21. The highest BCUT2D eigenvalue weighted by molar-refractivity contribution is 7.91. The molecule has 1 aromatic rings. The number of carbonyl (C=O) groups excluding carboxylic acids is 1. The first kappa shape index (κ1) is 15.0. The fourth-order valence-electron chi connectivity index (χ4n) is 2.92. The van der Waals surface area contributed by atoms with Crippen LogP contribution in [0.25, 0.3) is 0 Å². The van der Waals surface area contributed by atoms with E-state index in [-0.39, 0.29) is 30.4 Å². The third kappa shape index (κ3) is 2.83. The van der Waals surface area contributed by atoms with Crippen LogP contribution in [-0.4, -0.2) is 48.2 Å². The molecule has 1 aliphatic heterocycles. The topological polar surface area (TPSA) is 97.6 Å². The molecule has 22 heavy (non-hydrogen) atoms. The van der Waals surface area contributed by atoms with Crippen LogP contribution in [0.1, 0.15) is 18.0 Å². The molecule has 1 heterocycles. The van der Waals surface area contributed by atoms with Gasteiger partial charge in [0.15, 0.2) is 9.84 Å². The second kappa shape index (κ2) is 5.35. The summed E-state index contributed by atoms with van der Waals surface area (Å²) in [7, 11) is -3.21. The van der Waals surface area contributed by atoms with E-state index in [1.54, 1.807) is 24.3 Å². The Kier molecular flexibility index (Phi) is 3.64. The van der Waals surface area contributed by atoms with E-state index in [1.807, 2.05) is 6.07 Å². The maximum absolute atomic E-state index is 12.5. The van der Waals surface area contributed by atoms with E-state index in [2.05, 4.69) is 0 Å². The van der Waals surface area contributed by atoms with Crippen molar-refractivity contribution < 1.29 is 18.1 Å². The number of sulfone groups is 1. The molecule has 3 rings (SSSR count). The lowest BCUT2D eigenvalue weighted by molar-refractivity contribution is -0.497. The Labute approximate surface area is 128 Å². The molecule has 2 fully saturated rings. The van der Waals surface area contributed by atoms with Crippen molar-refractivity contribution in [2.75, 3.05) is 18.1 Å². The number of hydrogen-bond acceptors (Lipinski definition) is 5. The number of nitro groups is 1. The predicted octanol–water partition coefficient (Wildman–Crippen LogP) is 0.650. The van der Waals surface area contributed by atoms with Crippen LogP contribution < -0.4 is 0 Å². The van der Waals surface area contributed by atoms with E-state index in [4.69, 9.17) is 0 Å². The lowest BCUT2D eigenvalue weighted by Crippen LogP contribution is -2.47. The first-order valence-corrected chi connectivity index (χ1v) is 8.90. The van der Waals surface area contributed by atoms with Gasteiger partial charge >= 0.3 is 0 Å². The zero-order valence-corrected chi connectivity index (χ0v) is 12.6. The number of hydrogen-bond donors (Lipinski definition) is 0. The molecule has 118 valence electrons. The van der Waals surface area contributed by atoms with Crippen molar-refractivity contribution in [3.05, 3.63) is 46.0 Å². The largest absolute Gasteiger partial charge is 0.333 e. The van der Waals surface area contributed by atoms with Crippen molar-refractivity contribution in [3.8, 4) is 0 Å². The van der Waals surface area contributed by atoms with E-state index in [0.29, 0.717) is 0 Å². The van der Waals surface area contributed by atoms with Gasteiger partial charge in [0.25, 0.3) is 0 Å². The summed E-state index contributed by atoms with van der Waals surface area (Å²) < 4.78 is 23.8. The summed E-state index contributed by atoms with van der Waals surface area (Å²) in [5.41, 5.74) is 0.748. The second-order valence-electron chi connectivity index (χ2n) is 5.77. The fraction of sp³-hybridized carbons (Fsp3) is 0.500. The van der Waals surface area contributed by atoms with Crippen LogP contribution in [0.15, 0.2) is 30.3 Å². The van der Waals surface area contributed by atoms with Gasteiger partial charge in [-0.2, -0.15) is 0 Å². The monoisotopic (exact) mass is 324 g/mol. The van der Waals surface area contributed by atoms with Crippen LogP contribution >= 0.6 is 0 Å². The van der Waals surface area contributed by atoms with Gasteiger partial charge in [0, 0.05) is 17.9 Å². The first-order chi connectivity index (χ1) is 10.4. The van der Waals surface area contributed by atoms with Crippen LogP contribution in [0, 0.1) is 16.0 Å². The predicted molar refractivity (Wildman–Crippen MR) is 78.4 cm³/mol. The minimum Gasteiger partial charge on any atom is -0.333 e. The van der Waals surface area contributed by atoms with E-state index in [9.17, 15) is 23.3 Å². The molecule has 7 nitrogen and oxygen atoms in total. The van der Waals surface area contributed by atoms with E-state index in [1.165, 1.54) is 4.90 Å². The molecule has 1 saturated heterocycles. The number of rotatable bonds is 3. The Hall–Kier alpha value is -1.96. The van der Waals surface area contributed by atoms with Gasteiger partial charge in [0.2, 0.25) is 11.9 Å². The summed E-state index contributed by atoms with van der Waals surface area (Å²) in [6, 6.07) is 7.58. The molecule has 0 aromatic heterocycles. The van der Waals surface area contributed by atoms with Crippen LogP contribution in [0.4, 0.5) is 0 Å². The highest BCUT2D eigenvalue weighted by Crippen LogP contribution is 2.38. The highest BCUT2D eigenvalue weighted by atomic mass is 32.2. The number of nitrogens with zero attached hydrogens (tertiary/aromatic N) is 2. The van der Waals surface area contributed by atoms with Crippen LogP contribution in [-0.2, 0) is 14.6 Å². The summed E-state index contributed by atoms with van der Waals surface area (Å²) >= 11 is 0. The van der Waals surface area contributed by atoms with Crippen molar-refractivity contribution in [1.29, 1.82) is 0 Å². The molecule has 2 aliphatic rings. The third-order valence-corrected chi connectivity index (χ3v) is 5.87. The Morgan fingerprint density at radius 2 is 1.95 bits per heavy atom. The van der Waals surface area contributed by atoms with Gasteiger partial charge in [0.1, 0.15) is 5.92 Å².